The van der Waals surface area contributed by atoms with Gasteiger partial charge in [0.05, 0.1) is 17.5 Å². The molecule has 7 heteroatoms. The fraction of sp³-hybridized carbons (Fsp3) is 0.400. The van der Waals surface area contributed by atoms with E-state index < -0.39 is 0 Å². The second kappa shape index (κ2) is 8.67. The number of hydrogen-bond acceptors (Lipinski definition) is 4. The molecule has 0 radical (unpaired) electrons. The van der Waals surface area contributed by atoms with Crippen LogP contribution in [0.5, 0.6) is 5.75 Å². The van der Waals surface area contributed by atoms with Crippen LogP contribution >= 0.6 is 32.6 Å². The van der Waals surface area contributed by atoms with E-state index in [2.05, 4.69) is 9.24 Å². The maximum Gasteiger partial charge on any atom is 0.165 e. The van der Waals surface area contributed by atoms with Gasteiger partial charge in [0.15, 0.2) is 11.6 Å². The maximum absolute atomic E-state index is 14.4. The molecule has 1 aliphatic carbocycles. The molecule has 0 saturated heterocycles. The van der Waals surface area contributed by atoms with E-state index >= 15 is 0 Å². The Morgan fingerprint density at radius 1 is 1.22 bits per heavy atom. The van der Waals surface area contributed by atoms with Crippen molar-refractivity contribution in [2.75, 3.05) is 13.7 Å². The van der Waals surface area contributed by atoms with Crippen LogP contribution in [-0.4, -0.2) is 30.0 Å². The Balaban J connectivity index is 0.00000102. The second-order valence-corrected chi connectivity index (χ2v) is 9.18. The summed E-state index contributed by atoms with van der Waals surface area (Å²) >= 11 is 7.76. The van der Waals surface area contributed by atoms with Crippen LogP contribution in [0.2, 0.25) is 5.02 Å². The van der Waals surface area contributed by atoms with Gasteiger partial charge in [-0.25, -0.2) is 4.39 Å². The molecule has 2 aromatic carbocycles. The first-order valence-corrected chi connectivity index (χ1v) is 10.6. The molecule has 2 aromatic rings. The van der Waals surface area contributed by atoms with Gasteiger partial charge in [-0.1, -0.05) is 17.7 Å². The van der Waals surface area contributed by atoms with E-state index in [4.69, 9.17) is 21.4 Å². The number of aliphatic hydroxyl groups is 2. The molecule has 1 saturated carbocycles. The fourth-order valence-electron chi connectivity index (χ4n) is 3.99. The molecule has 1 heterocycles. The van der Waals surface area contributed by atoms with E-state index in [0.717, 1.165) is 29.3 Å². The van der Waals surface area contributed by atoms with Gasteiger partial charge in [0.25, 0.3) is 0 Å². The van der Waals surface area contributed by atoms with Crippen LogP contribution in [0.25, 0.3) is 0 Å². The number of halogens is 2. The smallest absolute Gasteiger partial charge is 0.165 e. The van der Waals surface area contributed by atoms with Gasteiger partial charge in [-0.15, -0.1) is 21.0 Å². The van der Waals surface area contributed by atoms with Crippen LogP contribution in [0.15, 0.2) is 41.3 Å². The Morgan fingerprint density at radius 3 is 2.63 bits per heavy atom. The van der Waals surface area contributed by atoms with E-state index in [-0.39, 0.29) is 22.6 Å². The molecule has 3 nitrogen and oxygen atoms in total. The summed E-state index contributed by atoms with van der Waals surface area (Å²) in [6.07, 6.45) is 1.83. The van der Waals surface area contributed by atoms with E-state index in [1.165, 1.54) is 6.07 Å². The van der Waals surface area contributed by atoms with Gasteiger partial charge in [-0.2, -0.15) is 0 Å². The molecule has 0 amide bonds. The molecule has 3 unspecified atom stereocenters. The van der Waals surface area contributed by atoms with Crippen molar-refractivity contribution < 1.29 is 19.3 Å². The first kappa shape index (κ1) is 20.9. The average Bonchev–Trinajstić information content (AvgIpc) is 2.68. The summed E-state index contributed by atoms with van der Waals surface area (Å²) in [6, 6.07) is 11.0. The largest absolute Gasteiger partial charge is 0.490 e. The zero-order valence-corrected chi connectivity index (χ0v) is 17.7. The topological polar surface area (TPSA) is 49.7 Å². The van der Waals surface area contributed by atoms with Crippen LogP contribution in [0.4, 0.5) is 4.39 Å². The minimum atomic E-state index is -0.324. The van der Waals surface area contributed by atoms with Crippen molar-refractivity contribution in [3.8, 4) is 5.75 Å². The number of rotatable bonds is 2. The highest BCUT2D eigenvalue weighted by molar-refractivity contribution is 8.00. The quantitative estimate of drug-likeness (QED) is 0.706. The highest BCUT2D eigenvalue weighted by Crippen LogP contribution is 2.58. The zero-order valence-electron chi connectivity index (χ0n) is 15.0. The van der Waals surface area contributed by atoms with Gasteiger partial charge < -0.3 is 14.9 Å². The molecule has 1 aliphatic heterocycles. The Bertz CT molecular complexity index is 805. The molecule has 4 atom stereocenters. The third-order valence-corrected chi connectivity index (χ3v) is 7.52. The number of ether oxygens (including phenoxy) is 1. The predicted octanol–water partition coefficient (Wildman–Crippen LogP) is 4.13. The molecule has 2 aliphatic rings. The number of benzene rings is 2. The highest BCUT2D eigenvalue weighted by atomic mass is 35.5. The summed E-state index contributed by atoms with van der Waals surface area (Å²) in [4.78, 5) is 1.09. The lowest BCUT2D eigenvalue weighted by atomic mass is 9.72. The third kappa shape index (κ3) is 3.99. The summed E-state index contributed by atoms with van der Waals surface area (Å²) in [5, 5.41) is 18.8. The van der Waals surface area contributed by atoms with Crippen molar-refractivity contribution >= 4 is 37.9 Å². The molecular formula is C20H23ClFO3PS. The highest BCUT2D eigenvalue weighted by Gasteiger charge is 2.51. The lowest BCUT2D eigenvalue weighted by Crippen LogP contribution is -2.47. The maximum atomic E-state index is 14.4. The van der Waals surface area contributed by atoms with E-state index in [1.807, 2.05) is 24.3 Å². The third-order valence-electron chi connectivity index (χ3n) is 5.17. The van der Waals surface area contributed by atoms with E-state index in [1.54, 1.807) is 17.8 Å². The molecule has 146 valence electrons. The van der Waals surface area contributed by atoms with Crippen molar-refractivity contribution in [2.45, 2.75) is 35.0 Å². The Labute approximate surface area is 170 Å². The van der Waals surface area contributed by atoms with Crippen LogP contribution in [-0.2, 0) is 4.75 Å². The molecule has 1 fully saturated rings. The number of hydrogen-bond donors (Lipinski definition) is 2. The molecule has 27 heavy (non-hydrogen) atoms. The van der Waals surface area contributed by atoms with Gasteiger partial charge in [-0.3, -0.25) is 0 Å². The van der Waals surface area contributed by atoms with Gasteiger partial charge in [0.2, 0.25) is 0 Å². The summed E-state index contributed by atoms with van der Waals surface area (Å²) < 4.78 is 19.9. The number of thioether (sulfide) groups is 1. The Kier molecular flexibility index (Phi) is 6.70. The monoisotopic (exact) mass is 428 g/mol. The lowest BCUT2D eigenvalue weighted by Gasteiger charge is -2.49. The van der Waals surface area contributed by atoms with Gasteiger partial charge >= 0.3 is 0 Å². The minimum absolute atomic E-state index is 0.130. The van der Waals surface area contributed by atoms with E-state index in [9.17, 15) is 9.50 Å². The summed E-state index contributed by atoms with van der Waals surface area (Å²) in [5.41, 5.74) is 0.917. The molecule has 0 spiro atoms. The van der Waals surface area contributed by atoms with Crippen LogP contribution < -0.4 is 10.0 Å². The van der Waals surface area contributed by atoms with Crippen LogP contribution in [0.1, 0.15) is 24.8 Å². The summed E-state index contributed by atoms with van der Waals surface area (Å²) in [5.74, 6) is 0.175. The SMILES string of the molecule is CO.OC1CC[C@@]2(Sc3ccc(Cl)cc3)c3c(P)ccc(F)c3OCC2C1. The van der Waals surface area contributed by atoms with Gasteiger partial charge in [-0.05, 0) is 54.9 Å². The minimum Gasteiger partial charge on any atom is -0.490 e. The standard InChI is InChI=1S/C19H19ClFO2PS.CH4O/c20-12-1-3-14(4-2-12)25-19-8-7-13(22)9-11(19)10-23-18-15(21)5-6-16(24)17(18)19;1-2/h1-6,11,13,22H,7-10,24H2;2H,1H3/t11?,13?,19-;/m0./s1. The van der Waals surface area contributed by atoms with Gasteiger partial charge in [0.1, 0.15) is 0 Å². The molecular weight excluding hydrogens is 406 g/mol. The van der Waals surface area contributed by atoms with Crippen molar-refractivity contribution in [3.63, 3.8) is 0 Å². The molecule has 4 rings (SSSR count). The van der Waals surface area contributed by atoms with Gasteiger partial charge in [0, 0.05) is 28.5 Å². The zero-order chi connectivity index (χ0) is 19.6. The normalized spacial score (nSPS) is 26.1. The second-order valence-electron chi connectivity index (χ2n) is 6.72. The molecule has 2 N–H and O–H groups in total. The van der Waals surface area contributed by atoms with Crippen molar-refractivity contribution in [3.05, 3.63) is 52.8 Å². The van der Waals surface area contributed by atoms with Crippen molar-refractivity contribution in [1.82, 2.24) is 0 Å². The number of fused-ring (bicyclic) bond motifs is 3. The predicted molar refractivity (Wildman–Crippen MR) is 112 cm³/mol. The van der Waals surface area contributed by atoms with E-state index in [0.29, 0.717) is 30.2 Å². The van der Waals surface area contributed by atoms with Crippen LogP contribution in [0, 0.1) is 11.7 Å². The first-order valence-electron chi connectivity index (χ1n) is 8.78. The summed E-state index contributed by atoms with van der Waals surface area (Å²) in [7, 11) is 3.72. The molecule has 0 aromatic heterocycles. The van der Waals surface area contributed by atoms with Crippen molar-refractivity contribution in [1.29, 1.82) is 0 Å². The molecule has 0 bridgehead atoms. The fourth-order valence-corrected chi connectivity index (χ4v) is 6.26. The Hall–Kier alpha value is -0.840. The number of aliphatic hydroxyl groups excluding tert-OH is 2. The summed E-state index contributed by atoms with van der Waals surface area (Å²) in [6.45, 7) is 0.426. The van der Waals surface area contributed by atoms with Crippen LogP contribution in [0.3, 0.4) is 0 Å². The Morgan fingerprint density at radius 2 is 1.93 bits per heavy atom. The van der Waals surface area contributed by atoms with Crippen molar-refractivity contribution in [2.24, 2.45) is 5.92 Å². The average molecular weight is 429 g/mol. The first-order chi connectivity index (χ1) is 13.0. The lowest BCUT2D eigenvalue weighted by molar-refractivity contribution is 0.0450.